The molecule has 0 fully saturated rings. The first kappa shape index (κ1) is 13.0. The fourth-order valence-electron chi connectivity index (χ4n) is 1.73. The number of nitrogens with one attached hydrogen (secondary N) is 2. The molecular weight excluding hydrogens is 244 g/mol. The summed E-state index contributed by atoms with van der Waals surface area (Å²) in [4.78, 5) is 15.0. The largest absolute Gasteiger partial charge is 0.493 e. The SMILES string of the molecule is COc1ccc(C(=O)NCc2ccc[nH]2)cc1OC. The van der Waals surface area contributed by atoms with Crippen LogP contribution in [0.4, 0.5) is 0 Å². The van der Waals surface area contributed by atoms with Crippen LogP contribution in [0.1, 0.15) is 16.1 Å². The van der Waals surface area contributed by atoms with E-state index >= 15 is 0 Å². The normalized spacial score (nSPS) is 10.0. The fraction of sp³-hybridized carbons (Fsp3) is 0.214. The monoisotopic (exact) mass is 260 g/mol. The zero-order chi connectivity index (χ0) is 13.7. The summed E-state index contributed by atoms with van der Waals surface area (Å²) >= 11 is 0. The third kappa shape index (κ3) is 3.07. The van der Waals surface area contributed by atoms with Crippen molar-refractivity contribution in [3.63, 3.8) is 0 Å². The van der Waals surface area contributed by atoms with E-state index in [0.29, 0.717) is 23.6 Å². The van der Waals surface area contributed by atoms with Crippen molar-refractivity contribution in [2.24, 2.45) is 0 Å². The van der Waals surface area contributed by atoms with E-state index in [0.717, 1.165) is 5.69 Å². The standard InChI is InChI=1S/C14H16N2O3/c1-18-12-6-5-10(8-13(12)19-2)14(17)16-9-11-4-3-7-15-11/h3-8,15H,9H2,1-2H3,(H,16,17). The Balaban J connectivity index is 2.06. The maximum Gasteiger partial charge on any atom is 0.251 e. The van der Waals surface area contributed by atoms with Gasteiger partial charge in [-0.15, -0.1) is 0 Å². The van der Waals surface area contributed by atoms with E-state index in [1.807, 2.05) is 18.3 Å². The Morgan fingerprint density at radius 2 is 2.00 bits per heavy atom. The Morgan fingerprint density at radius 1 is 1.21 bits per heavy atom. The number of carbonyl (C=O) groups excluding carboxylic acids is 1. The summed E-state index contributed by atoms with van der Waals surface area (Å²) in [7, 11) is 3.10. The highest BCUT2D eigenvalue weighted by atomic mass is 16.5. The van der Waals surface area contributed by atoms with Crippen molar-refractivity contribution in [2.75, 3.05) is 14.2 Å². The molecule has 0 aliphatic heterocycles. The number of methoxy groups -OCH3 is 2. The van der Waals surface area contributed by atoms with Gasteiger partial charge in [0.25, 0.3) is 5.91 Å². The first-order valence-electron chi connectivity index (χ1n) is 5.87. The van der Waals surface area contributed by atoms with Gasteiger partial charge in [-0.1, -0.05) is 0 Å². The summed E-state index contributed by atoms with van der Waals surface area (Å²) in [5.74, 6) is 0.981. The first-order valence-corrected chi connectivity index (χ1v) is 5.87. The quantitative estimate of drug-likeness (QED) is 0.863. The van der Waals surface area contributed by atoms with Gasteiger partial charge in [0.1, 0.15) is 0 Å². The van der Waals surface area contributed by atoms with Gasteiger partial charge in [-0.25, -0.2) is 0 Å². The Bertz CT molecular complexity index is 550. The lowest BCUT2D eigenvalue weighted by molar-refractivity contribution is 0.0950. The number of H-pyrrole nitrogens is 1. The molecule has 0 radical (unpaired) electrons. The molecule has 1 aromatic carbocycles. The molecule has 0 bridgehead atoms. The topological polar surface area (TPSA) is 63.3 Å². The number of aromatic amines is 1. The molecule has 2 aromatic rings. The fourth-order valence-corrected chi connectivity index (χ4v) is 1.73. The van der Waals surface area contributed by atoms with Crippen molar-refractivity contribution >= 4 is 5.91 Å². The average molecular weight is 260 g/mol. The van der Waals surface area contributed by atoms with E-state index < -0.39 is 0 Å². The number of carbonyl (C=O) groups is 1. The van der Waals surface area contributed by atoms with Gasteiger partial charge in [0, 0.05) is 17.5 Å². The second-order valence-corrected chi connectivity index (χ2v) is 3.95. The van der Waals surface area contributed by atoms with Gasteiger partial charge in [-0.05, 0) is 30.3 Å². The van der Waals surface area contributed by atoms with Crippen molar-refractivity contribution < 1.29 is 14.3 Å². The summed E-state index contributed by atoms with van der Waals surface area (Å²) in [5, 5.41) is 2.82. The summed E-state index contributed by atoms with van der Waals surface area (Å²) in [6.07, 6.45) is 1.82. The molecule has 0 aliphatic rings. The van der Waals surface area contributed by atoms with Crippen LogP contribution in [0.15, 0.2) is 36.5 Å². The van der Waals surface area contributed by atoms with Crippen molar-refractivity contribution in [3.05, 3.63) is 47.8 Å². The smallest absolute Gasteiger partial charge is 0.251 e. The molecule has 0 unspecified atom stereocenters. The minimum absolute atomic E-state index is 0.157. The molecule has 0 aliphatic carbocycles. The number of hydrogen-bond donors (Lipinski definition) is 2. The van der Waals surface area contributed by atoms with E-state index in [-0.39, 0.29) is 5.91 Å². The molecule has 2 N–H and O–H groups in total. The average Bonchev–Trinajstić information content (AvgIpc) is 2.97. The van der Waals surface area contributed by atoms with Crippen molar-refractivity contribution in [2.45, 2.75) is 6.54 Å². The van der Waals surface area contributed by atoms with Crippen LogP contribution in [0.3, 0.4) is 0 Å². The number of amides is 1. The Kier molecular flexibility index (Phi) is 4.07. The van der Waals surface area contributed by atoms with Gasteiger partial charge >= 0.3 is 0 Å². The lowest BCUT2D eigenvalue weighted by Crippen LogP contribution is -2.22. The van der Waals surface area contributed by atoms with E-state index in [2.05, 4.69) is 10.3 Å². The van der Waals surface area contributed by atoms with E-state index in [1.54, 1.807) is 32.4 Å². The Labute approximate surface area is 111 Å². The molecule has 2 rings (SSSR count). The van der Waals surface area contributed by atoms with Crippen molar-refractivity contribution in [1.82, 2.24) is 10.3 Å². The van der Waals surface area contributed by atoms with Crippen LogP contribution in [-0.2, 0) is 6.54 Å². The highest BCUT2D eigenvalue weighted by Crippen LogP contribution is 2.27. The Morgan fingerprint density at radius 3 is 2.63 bits per heavy atom. The van der Waals surface area contributed by atoms with Crippen LogP contribution in [0.2, 0.25) is 0 Å². The molecule has 0 saturated heterocycles. The number of aromatic nitrogens is 1. The molecule has 1 aromatic heterocycles. The zero-order valence-corrected chi connectivity index (χ0v) is 10.9. The zero-order valence-electron chi connectivity index (χ0n) is 10.9. The summed E-state index contributed by atoms with van der Waals surface area (Å²) < 4.78 is 10.3. The molecular formula is C14H16N2O3. The second-order valence-electron chi connectivity index (χ2n) is 3.95. The van der Waals surface area contributed by atoms with Gasteiger partial charge in [0.15, 0.2) is 11.5 Å². The highest BCUT2D eigenvalue weighted by Gasteiger charge is 2.10. The predicted molar refractivity (Wildman–Crippen MR) is 71.5 cm³/mol. The third-order valence-electron chi connectivity index (χ3n) is 2.75. The minimum Gasteiger partial charge on any atom is -0.493 e. The summed E-state index contributed by atoms with van der Waals surface area (Å²) in [6, 6.07) is 8.86. The number of ether oxygens (including phenoxy) is 2. The molecule has 1 heterocycles. The van der Waals surface area contributed by atoms with Crippen LogP contribution in [0, 0.1) is 0 Å². The maximum absolute atomic E-state index is 12.0. The van der Waals surface area contributed by atoms with Gasteiger partial charge in [-0.2, -0.15) is 0 Å². The molecule has 100 valence electrons. The molecule has 0 spiro atoms. The lowest BCUT2D eigenvalue weighted by Gasteiger charge is -2.09. The highest BCUT2D eigenvalue weighted by molar-refractivity contribution is 5.94. The number of rotatable bonds is 5. The lowest BCUT2D eigenvalue weighted by atomic mass is 10.2. The molecule has 0 atom stereocenters. The molecule has 5 nitrogen and oxygen atoms in total. The van der Waals surface area contributed by atoms with Gasteiger partial charge in [0.05, 0.1) is 20.8 Å². The minimum atomic E-state index is -0.157. The van der Waals surface area contributed by atoms with Crippen LogP contribution in [0.5, 0.6) is 11.5 Å². The predicted octanol–water partition coefficient (Wildman–Crippen LogP) is 1.96. The summed E-state index contributed by atoms with van der Waals surface area (Å²) in [5.41, 5.74) is 1.48. The van der Waals surface area contributed by atoms with Crippen LogP contribution < -0.4 is 14.8 Å². The van der Waals surface area contributed by atoms with Crippen LogP contribution in [0.25, 0.3) is 0 Å². The Hall–Kier alpha value is -2.43. The third-order valence-corrected chi connectivity index (χ3v) is 2.75. The van der Waals surface area contributed by atoms with E-state index in [4.69, 9.17) is 9.47 Å². The van der Waals surface area contributed by atoms with Crippen molar-refractivity contribution in [1.29, 1.82) is 0 Å². The molecule has 19 heavy (non-hydrogen) atoms. The van der Waals surface area contributed by atoms with Gasteiger partial charge in [-0.3, -0.25) is 4.79 Å². The second kappa shape index (κ2) is 5.95. The van der Waals surface area contributed by atoms with Gasteiger partial charge < -0.3 is 19.8 Å². The van der Waals surface area contributed by atoms with Gasteiger partial charge in [0.2, 0.25) is 0 Å². The number of hydrogen-bond acceptors (Lipinski definition) is 3. The molecule has 0 saturated carbocycles. The van der Waals surface area contributed by atoms with Crippen molar-refractivity contribution in [3.8, 4) is 11.5 Å². The first-order chi connectivity index (χ1) is 9.24. The van der Waals surface area contributed by atoms with E-state index in [1.165, 1.54) is 0 Å². The van der Waals surface area contributed by atoms with Crippen LogP contribution >= 0.6 is 0 Å². The maximum atomic E-state index is 12.0. The molecule has 5 heteroatoms. The molecule has 1 amide bonds. The number of benzene rings is 1. The van der Waals surface area contributed by atoms with E-state index in [9.17, 15) is 4.79 Å². The van der Waals surface area contributed by atoms with Crippen LogP contribution in [-0.4, -0.2) is 25.1 Å². The summed E-state index contributed by atoms with van der Waals surface area (Å²) in [6.45, 7) is 0.459.